The largest absolute Gasteiger partial charge is 0.443 e. The molecule has 5 rings (SSSR count). The molecule has 1 aliphatic carbocycles. The van der Waals surface area contributed by atoms with Crippen LogP contribution in [0.4, 0.5) is 22.1 Å². The summed E-state index contributed by atoms with van der Waals surface area (Å²) in [6.07, 6.45) is 6.42. The SMILES string of the molecule is CN(C)C(=O)CCc1ccc(Nc2nccc(-c3cc(C#N)c4c(c3)[C@@](C)(CO)CN4C(=O)OC(C)(C)C)n2)c(CCC2CC2)n1. The molecule has 3 aromatic rings. The molecule has 0 spiro atoms. The van der Waals surface area contributed by atoms with Crippen molar-refractivity contribution in [2.45, 2.75) is 77.2 Å². The fourth-order valence-electron chi connectivity index (χ4n) is 5.64. The van der Waals surface area contributed by atoms with Crippen molar-refractivity contribution < 1.29 is 19.4 Å². The Morgan fingerprint density at radius 1 is 1.17 bits per heavy atom. The van der Waals surface area contributed by atoms with Crippen LogP contribution >= 0.6 is 0 Å². The first kappa shape index (κ1) is 32.8. The fourth-order valence-corrected chi connectivity index (χ4v) is 5.64. The molecular weight excluding hydrogens is 582 g/mol. The maximum Gasteiger partial charge on any atom is 0.414 e. The number of nitriles is 1. The molecule has 2 aliphatic rings. The minimum Gasteiger partial charge on any atom is -0.443 e. The Morgan fingerprint density at radius 3 is 2.59 bits per heavy atom. The number of ether oxygens (including phenoxy) is 1. The van der Waals surface area contributed by atoms with Gasteiger partial charge in [-0.25, -0.2) is 14.8 Å². The lowest BCUT2D eigenvalue weighted by molar-refractivity contribution is -0.128. The number of nitrogens with zero attached hydrogens (tertiary/aromatic N) is 6. The number of amides is 2. The van der Waals surface area contributed by atoms with Crippen LogP contribution in [0.1, 0.15) is 75.9 Å². The van der Waals surface area contributed by atoms with Crippen LogP contribution in [0.15, 0.2) is 36.5 Å². The third-order valence-electron chi connectivity index (χ3n) is 8.43. The second kappa shape index (κ2) is 13.0. The van der Waals surface area contributed by atoms with Gasteiger partial charge in [0.1, 0.15) is 11.7 Å². The van der Waals surface area contributed by atoms with E-state index >= 15 is 0 Å². The van der Waals surface area contributed by atoms with E-state index in [0.29, 0.717) is 46.9 Å². The topological polar surface area (TPSA) is 145 Å². The molecule has 11 nitrogen and oxygen atoms in total. The lowest BCUT2D eigenvalue weighted by atomic mass is 9.83. The molecule has 3 heterocycles. The number of nitrogens with one attached hydrogen (secondary N) is 1. The molecule has 1 aromatic carbocycles. The normalized spacial score (nSPS) is 17.3. The number of carbonyl (C=O) groups is 2. The molecule has 46 heavy (non-hydrogen) atoms. The van der Waals surface area contributed by atoms with Gasteiger partial charge in [-0.1, -0.05) is 19.8 Å². The second-order valence-corrected chi connectivity index (χ2v) is 13.8. The first-order chi connectivity index (χ1) is 21.8. The number of benzene rings is 1. The van der Waals surface area contributed by atoms with E-state index in [1.54, 1.807) is 58.1 Å². The Labute approximate surface area is 270 Å². The zero-order valence-electron chi connectivity index (χ0n) is 27.6. The molecule has 1 fully saturated rings. The summed E-state index contributed by atoms with van der Waals surface area (Å²) < 4.78 is 5.63. The summed E-state index contributed by atoms with van der Waals surface area (Å²) in [6.45, 7) is 7.19. The van der Waals surface area contributed by atoms with E-state index in [2.05, 4.69) is 16.4 Å². The molecular formula is C35H43N7O4. The Bertz CT molecular complexity index is 1670. The van der Waals surface area contributed by atoms with E-state index in [1.165, 1.54) is 17.7 Å². The monoisotopic (exact) mass is 625 g/mol. The van der Waals surface area contributed by atoms with Crippen molar-refractivity contribution in [3.8, 4) is 17.3 Å². The van der Waals surface area contributed by atoms with Gasteiger partial charge in [-0.3, -0.25) is 14.7 Å². The van der Waals surface area contributed by atoms with Crippen molar-refractivity contribution in [3.05, 3.63) is 59.0 Å². The Balaban J connectivity index is 1.45. The second-order valence-electron chi connectivity index (χ2n) is 13.8. The first-order valence-electron chi connectivity index (χ1n) is 15.8. The van der Waals surface area contributed by atoms with Crippen molar-refractivity contribution >= 4 is 29.3 Å². The predicted molar refractivity (Wildman–Crippen MR) is 176 cm³/mol. The van der Waals surface area contributed by atoms with Crippen LogP contribution in [0, 0.1) is 17.2 Å². The average Bonchev–Trinajstić information content (AvgIpc) is 3.80. The van der Waals surface area contributed by atoms with Gasteiger partial charge in [0.15, 0.2) is 0 Å². The quantitative estimate of drug-likeness (QED) is 0.297. The molecule has 2 N–H and O–H groups in total. The van der Waals surface area contributed by atoms with Crippen LogP contribution < -0.4 is 10.2 Å². The van der Waals surface area contributed by atoms with Crippen molar-refractivity contribution in [1.29, 1.82) is 5.26 Å². The minimum atomic E-state index is -0.803. The van der Waals surface area contributed by atoms with Crippen LogP contribution in [-0.2, 0) is 27.8 Å². The van der Waals surface area contributed by atoms with Crippen molar-refractivity contribution in [2.75, 3.05) is 37.5 Å². The van der Waals surface area contributed by atoms with E-state index in [4.69, 9.17) is 14.7 Å². The lowest BCUT2D eigenvalue weighted by Gasteiger charge is -2.26. The number of carbonyl (C=O) groups excluding carboxylic acids is 2. The summed E-state index contributed by atoms with van der Waals surface area (Å²) in [5.41, 5.74) is 3.75. The summed E-state index contributed by atoms with van der Waals surface area (Å²) in [7, 11) is 3.51. The summed E-state index contributed by atoms with van der Waals surface area (Å²) in [5.74, 6) is 1.18. The number of anilines is 3. The van der Waals surface area contributed by atoms with Crippen molar-refractivity contribution in [1.82, 2.24) is 19.9 Å². The number of hydrogen-bond acceptors (Lipinski definition) is 9. The average molecular weight is 626 g/mol. The van der Waals surface area contributed by atoms with Gasteiger partial charge in [-0.2, -0.15) is 5.26 Å². The smallest absolute Gasteiger partial charge is 0.414 e. The molecule has 1 atom stereocenters. The fraction of sp³-hybridized carbons (Fsp3) is 0.486. The molecule has 0 bridgehead atoms. The summed E-state index contributed by atoms with van der Waals surface area (Å²) in [4.78, 5) is 42.5. The van der Waals surface area contributed by atoms with Gasteiger partial charge in [-0.15, -0.1) is 0 Å². The molecule has 0 unspecified atom stereocenters. The van der Waals surface area contributed by atoms with E-state index in [1.807, 2.05) is 25.1 Å². The molecule has 2 aromatic heterocycles. The molecule has 0 saturated heterocycles. The van der Waals surface area contributed by atoms with Gasteiger partial charge in [-0.05, 0) is 81.8 Å². The molecule has 1 saturated carbocycles. The highest BCUT2D eigenvalue weighted by Crippen LogP contribution is 2.45. The number of rotatable bonds is 10. The minimum absolute atomic E-state index is 0.0664. The standard InChI is InChI=1S/C35H43N7O4/c1-34(2,3)46-33(45)42-20-35(4,21-43)26-18-23(17-24(19-36)31(26)42)27-15-16-37-32(39-27)40-29-13-10-25(11-14-30(44)41(5)6)38-28(29)12-9-22-7-8-22/h10,13,15-18,22,43H,7-9,11-12,14,20-21H2,1-6H3,(H,37,39,40)/t35-/m1/s1. The van der Waals surface area contributed by atoms with Crippen LogP contribution in [0.25, 0.3) is 11.3 Å². The van der Waals surface area contributed by atoms with E-state index in [0.717, 1.165) is 35.8 Å². The predicted octanol–water partition coefficient (Wildman–Crippen LogP) is 5.52. The number of pyridine rings is 1. The highest BCUT2D eigenvalue weighted by atomic mass is 16.6. The Kier molecular flexibility index (Phi) is 9.31. The highest BCUT2D eigenvalue weighted by molar-refractivity contribution is 5.95. The third kappa shape index (κ3) is 7.45. The Morgan fingerprint density at radius 2 is 1.93 bits per heavy atom. The maximum absolute atomic E-state index is 13.2. The zero-order valence-corrected chi connectivity index (χ0v) is 27.6. The number of aliphatic hydroxyl groups is 1. The summed E-state index contributed by atoms with van der Waals surface area (Å²) >= 11 is 0. The van der Waals surface area contributed by atoms with Crippen LogP contribution in [0.2, 0.25) is 0 Å². The molecule has 1 aliphatic heterocycles. The van der Waals surface area contributed by atoms with Crippen molar-refractivity contribution in [2.24, 2.45) is 5.92 Å². The van der Waals surface area contributed by atoms with Crippen LogP contribution in [0.5, 0.6) is 0 Å². The molecule has 2 amide bonds. The summed E-state index contributed by atoms with van der Waals surface area (Å²) in [5, 5.41) is 24.0. The van der Waals surface area contributed by atoms with E-state index in [9.17, 15) is 20.0 Å². The van der Waals surface area contributed by atoms with Crippen molar-refractivity contribution in [3.63, 3.8) is 0 Å². The van der Waals surface area contributed by atoms with Gasteiger partial charge in [0.05, 0.1) is 34.9 Å². The van der Waals surface area contributed by atoms with Gasteiger partial charge in [0.2, 0.25) is 11.9 Å². The zero-order chi connectivity index (χ0) is 33.2. The van der Waals surface area contributed by atoms with Gasteiger partial charge in [0, 0.05) is 49.9 Å². The number of aromatic nitrogens is 3. The van der Waals surface area contributed by atoms with Gasteiger partial charge >= 0.3 is 6.09 Å². The maximum atomic E-state index is 13.2. The molecule has 11 heteroatoms. The first-order valence-corrected chi connectivity index (χ1v) is 15.8. The molecule has 242 valence electrons. The van der Waals surface area contributed by atoms with E-state index in [-0.39, 0.29) is 19.1 Å². The number of fused-ring (bicyclic) bond motifs is 1. The number of aryl methyl sites for hydroxylation is 2. The van der Waals surface area contributed by atoms with E-state index < -0.39 is 17.1 Å². The number of hydrogen-bond donors (Lipinski definition) is 2. The lowest BCUT2D eigenvalue weighted by Crippen LogP contribution is -2.40. The third-order valence-corrected chi connectivity index (χ3v) is 8.43. The van der Waals surface area contributed by atoms with Gasteiger partial charge in [0.25, 0.3) is 0 Å². The van der Waals surface area contributed by atoms with Gasteiger partial charge < -0.3 is 20.1 Å². The molecule has 0 radical (unpaired) electrons. The summed E-state index contributed by atoms with van der Waals surface area (Å²) in [6, 6.07) is 11.5. The Hall–Kier alpha value is -4.56. The van der Waals surface area contributed by atoms with Crippen LogP contribution in [0.3, 0.4) is 0 Å². The van der Waals surface area contributed by atoms with Crippen LogP contribution in [-0.4, -0.2) is 69.8 Å². The highest BCUT2D eigenvalue weighted by Gasteiger charge is 2.44. The number of aliphatic hydroxyl groups excluding tert-OH is 1.